The second-order valence-electron chi connectivity index (χ2n) is 6.56. The fourth-order valence-electron chi connectivity index (χ4n) is 3.36. The van der Waals surface area contributed by atoms with Crippen LogP contribution in [-0.2, 0) is 7.05 Å². The van der Waals surface area contributed by atoms with E-state index in [0.717, 1.165) is 23.8 Å². The van der Waals surface area contributed by atoms with Gasteiger partial charge in [-0.25, -0.2) is 9.67 Å². The van der Waals surface area contributed by atoms with Gasteiger partial charge in [0.15, 0.2) is 0 Å². The topological polar surface area (TPSA) is 68.0 Å². The largest absolute Gasteiger partial charge is 0.336 e. The normalized spacial score (nSPS) is 16.8. The van der Waals surface area contributed by atoms with Crippen LogP contribution in [0.15, 0.2) is 48.9 Å². The summed E-state index contributed by atoms with van der Waals surface area (Å²) >= 11 is 0. The van der Waals surface area contributed by atoms with Crippen molar-refractivity contribution in [2.45, 2.75) is 13.0 Å². The van der Waals surface area contributed by atoms with Crippen molar-refractivity contribution in [3.05, 3.63) is 66.0 Å². The average Bonchev–Trinajstić information content (AvgIpc) is 3.29. The van der Waals surface area contributed by atoms with Crippen LogP contribution >= 0.6 is 12.4 Å². The molecule has 1 aliphatic heterocycles. The van der Waals surface area contributed by atoms with Gasteiger partial charge in [-0.1, -0.05) is 0 Å². The number of halogens is 1. The number of nitrogens with one attached hydrogen (secondary N) is 1. The summed E-state index contributed by atoms with van der Waals surface area (Å²) in [5.74, 6) is 0.928. The van der Waals surface area contributed by atoms with Gasteiger partial charge < -0.3 is 14.8 Å². The number of rotatable bonds is 3. The quantitative estimate of drug-likeness (QED) is 0.748. The van der Waals surface area contributed by atoms with Gasteiger partial charge in [0.05, 0.1) is 11.4 Å². The van der Waals surface area contributed by atoms with Crippen LogP contribution in [0.1, 0.15) is 27.9 Å². The molecular weight excluding hydrogens is 364 g/mol. The van der Waals surface area contributed by atoms with Crippen molar-refractivity contribution in [3.8, 4) is 5.69 Å². The van der Waals surface area contributed by atoms with Gasteiger partial charge in [-0.3, -0.25) is 4.79 Å². The lowest BCUT2D eigenvalue weighted by atomic mass is 10.1. The minimum atomic E-state index is -0.0651. The van der Waals surface area contributed by atoms with Gasteiger partial charge in [0, 0.05) is 50.8 Å². The van der Waals surface area contributed by atoms with E-state index in [1.54, 1.807) is 6.20 Å². The maximum Gasteiger partial charge on any atom is 0.254 e. The molecule has 1 aromatic carbocycles. The minimum absolute atomic E-state index is 0. The van der Waals surface area contributed by atoms with E-state index in [1.807, 2.05) is 70.8 Å². The Morgan fingerprint density at radius 3 is 2.59 bits per heavy atom. The highest BCUT2D eigenvalue weighted by atomic mass is 35.5. The summed E-state index contributed by atoms with van der Waals surface area (Å²) in [4.78, 5) is 19.5. The van der Waals surface area contributed by atoms with E-state index in [1.165, 1.54) is 0 Å². The average molecular weight is 387 g/mol. The van der Waals surface area contributed by atoms with E-state index in [4.69, 9.17) is 0 Å². The fraction of sp³-hybridized carbons (Fsp3) is 0.316. The van der Waals surface area contributed by atoms with Crippen LogP contribution in [0.5, 0.6) is 0 Å². The molecule has 142 valence electrons. The van der Waals surface area contributed by atoms with E-state index in [9.17, 15) is 4.79 Å². The summed E-state index contributed by atoms with van der Waals surface area (Å²) in [7, 11) is 1.96. The molecule has 1 aliphatic rings. The second-order valence-corrected chi connectivity index (χ2v) is 6.56. The zero-order chi connectivity index (χ0) is 18.1. The van der Waals surface area contributed by atoms with Crippen LogP contribution < -0.4 is 5.32 Å². The first kappa shape index (κ1) is 19.1. The zero-order valence-corrected chi connectivity index (χ0v) is 16.2. The summed E-state index contributed by atoms with van der Waals surface area (Å²) in [6.45, 7) is 4.12. The molecule has 0 spiro atoms. The summed E-state index contributed by atoms with van der Waals surface area (Å²) in [6, 6.07) is 9.48. The van der Waals surface area contributed by atoms with E-state index in [0.29, 0.717) is 18.7 Å². The Labute approximate surface area is 164 Å². The summed E-state index contributed by atoms with van der Waals surface area (Å²) in [5.41, 5.74) is 2.58. The van der Waals surface area contributed by atoms with Crippen LogP contribution in [-0.4, -0.2) is 49.8 Å². The number of carbonyl (C=O) groups excluding carboxylic acids is 1. The molecule has 0 saturated carbocycles. The van der Waals surface area contributed by atoms with Gasteiger partial charge in [0.1, 0.15) is 11.9 Å². The lowest BCUT2D eigenvalue weighted by Crippen LogP contribution is -2.49. The number of piperazine rings is 1. The van der Waals surface area contributed by atoms with Crippen LogP contribution in [0, 0.1) is 6.92 Å². The molecule has 1 N–H and O–H groups in total. The van der Waals surface area contributed by atoms with Crippen molar-refractivity contribution in [2.24, 2.45) is 7.05 Å². The number of carbonyl (C=O) groups is 1. The van der Waals surface area contributed by atoms with Crippen molar-refractivity contribution in [1.82, 2.24) is 29.5 Å². The molecule has 0 aliphatic carbocycles. The minimum Gasteiger partial charge on any atom is -0.336 e. The lowest BCUT2D eigenvalue weighted by Gasteiger charge is -2.35. The number of amides is 1. The van der Waals surface area contributed by atoms with Crippen molar-refractivity contribution in [1.29, 1.82) is 0 Å². The molecule has 8 heteroatoms. The number of imidazole rings is 1. The number of hydrogen-bond acceptors (Lipinski definition) is 4. The third kappa shape index (κ3) is 3.74. The number of nitrogens with zero attached hydrogens (tertiary/aromatic N) is 5. The molecule has 3 heterocycles. The van der Waals surface area contributed by atoms with E-state index < -0.39 is 0 Å². The zero-order valence-electron chi connectivity index (χ0n) is 15.4. The van der Waals surface area contributed by atoms with Crippen LogP contribution in [0.2, 0.25) is 0 Å². The van der Waals surface area contributed by atoms with E-state index in [-0.39, 0.29) is 24.4 Å². The van der Waals surface area contributed by atoms with Crippen molar-refractivity contribution in [2.75, 3.05) is 19.6 Å². The smallest absolute Gasteiger partial charge is 0.254 e. The number of aryl methyl sites for hydroxylation is 2. The van der Waals surface area contributed by atoms with Crippen molar-refractivity contribution < 1.29 is 4.79 Å². The molecule has 1 saturated heterocycles. The van der Waals surface area contributed by atoms with Gasteiger partial charge >= 0.3 is 0 Å². The molecule has 0 bridgehead atoms. The van der Waals surface area contributed by atoms with Gasteiger partial charge in [-0.05, 0) is 37.3 Å². The second kappa shape index (κ2) is 7.94. The Morgan fingerprint density at radius 1 is 1.19 bits per heavy atom. The third-order valence-electron chi connectivity index (χ3n) is 4.76. The molecule has 1 atom stereocenters. The highest BCUT2D eigenvalue weighted by Gasteiger charge is 2.30. The third-order valence-corrected chi connectivity index (χ3v) is 4.76. The molecular formula is C19H23ClN6O. The van der Waals surface area contributed by atoms with E-state index >= 15 is 0 Å². The molecule has 27 heavy (non-hydrogen) atoms. The predicted molar refractivity (Wildman–Crippen MR) is 105 cm³/mol. The Morgan fingerprint density at radius 2 is 1.96 bits per heavy atom. The first-order valence-electron chi connectivity index (χ1n) is 8.75. The Kier molecular flexibility index (Phi) is 5.62. The van der Waals surface area contributed by atoms with E-state index in [2.05, 4.69) is 15.4 Å². The predicted octanol–water partition coefficient (Wildman–Crippen LogP) is 2.12. The van der Waals surface area contributed by atoms with Crippen molar-refractivity contribution >= 4 is 18.3 Å². The summed E-state index contributed by atoms with van der Waals surface area (Å²) in [6.07, 6.45) is 5.60. The molecule has 1 amide bonds. The first-order chi connectivity index (χ1) is 12.6. The first-order valence-corrected chi connectivity index (χ1v) is 8.75. The molecule has 4 rings (SSSR count). The summed E-state index contributed by atoms with van der Waals surface area (Å²) < 4.78 is 3.78. The number of aromatic nitrogens is 4. The van der Waals surface area contributed by atoms with Crippen LogP contribution in [0.25, 0.3) is 5.69 Å². The maximum atomic E-state index is 13.1. The van der Waals surface area contributed by atoms with Crippen LogP contribution in [0.3, 0.4) is 0 Å². The SMILES string of the molecule is Cc1ccn(-c2ccc(C(=O)N3CCNCC3c3nccn3C)cc2)n1.Cl. The Bertz CT molecular complexity index is 916. The molecule has 1 unspecified atom stereocenters. The van der Waals surface area contributed by atoms with Gasteiger partial charge in [0.25, 0.3) is 5.91 Å². The van der Waals surface area contributed by atoms with Gasteiger partial charge in [-0.2, -0.15) is 5.10 Å². The molecule has 7 nitrogen and oxygen atoms in total. The highest BCUT2D eigenvalue weighted by Crippen LogP contribution is 2.23. The highest BCUT2D eigenvalue weighted by molar-refractivity contribution is 5.94. The summed E-state index contributed by atoms with van der Waals surface area (Å²) in [5, 5.41) is 7.76. The fourth-order valence-corrected chi connectivity index (χ4v) is 3.36. The maximum absolute atomic E-state index is 13.1. The molecule has 0 radical (unpaired) electrons. The molecule has 3 aromatic rings. The number of hydrogen-bond donors (Lipinski definition) is 1. The Hall–Kier alpha value is -2.64. The monoisotopic (exact) mass is 386 g/mol. The Balaban J connectivity index is 0.00000210. The molecule has 1 fully saturated rings. The standard InChI is InChI=1S/C19H22N6O.ClH/c1-14-7-10-25(22-14)16-5-3-15(4-6-16)19(26)24-12-8-20-13-17(24)18-21-9-11-23(18)2;/h3-7,9-11,17,20H,8,12-13H2,1-2H3;1H. The van der Waals surface area contributed by atoms with Gasteiger partial charge in [-0.15, -0.1) is 12.4 Å². The molecule has 2 aromatic heterocycles. The lowest BCUT2D eigenvalue weighted by molar-refractivity contribution is 0.0621. The van der Waals surface area contributed by atoms with Crippen molar-refractivity contribution in [3.63, 3.8) is 0 Å². The van der Waals surface area contributed by atoms with Crippen LogP contribution in [0.4, 0.5) is 0 Å². The van der Waals surface area contributed by atoms with Gasteiger partial charge in [0.2, 0.25) is 0 Å². The number of benzene rings is 1.